The lowest BCUT2D eigenvalue weighted by atomic mass is 9.95. The molecule has 0 radical (unpaired) electrons. The number of carbonyl (C=O) groups is 1. The fraction of sp³-hybridized carbons (Fsp3) is 0.229. The fourth-order valence-electron chi connectivity index (χ4n) is 5.82. The van der Waals surface area contributed by atoms with E-state index in [2.05, 4.69) is 35.8 Å². The van der Waals surface area contributed by atoms with Crippen molar-refractivity contribution in [3.05, 3.63) is 132 Å². The Labute approximate surface area is 253 Å². The first-order valence-corrected chi connectivity index (χ1v) is 15.3. The number of benzene rings is 3. The molecule has 0 aliphatic carbocycles. The maximum Gasteiger partial charge on any atom is 0.338 e. The lowest BCUT2D eigenvalue weighted by Gasteiger charge is -2.26. The van der Waals surface area contributed by atoms with Crippen LogP contribution in [0.1, 0.15) is 49.2 Å². The highest BCUT2D eigenvalue weighted by Crippen LogP contribution is 2.36. The highest BCUT2D eigenvalue weighted by atomic mass is 32.1. The molecule has 43 heavy (non-hydrogen) atoms. The topological polar surface area (TPSA) is 74.8 Å². The van der Waals surface area contributed by atoms with Gasteiger partial charge in [0.15, 0.2) is 4.80 Å². The summed E-state index contributed by atoms with van der Waals surface area (Å²) in [6, 6.07) is 25.4. The summed E-state index contributed by atoms with van der Waals surface area (Å²) in [5, 5.41) is 1.07. The Morgan fingerprint density at radius 2 is 1.67 bits per heavy atom. The van der Waals surface area contributed by atoms with E-state index < -0.39 is 12.0 Å². The van der Waals surface area contributed by atoms with Crippen molar-refractivity contribution in [1.29, 1.82) is 0 Å². The molecule has 0 amide bonds. The van der Waals surface area contributed by atoms with Crippen molar-refractivity contribution in [2.24, 2.45) is 4.99 Å². The molecule has 3 aromatic carbocycles. The number of thiazole rings is 1. The van der Waals surface area contributed by atoms with Gasteiger partial charge in [-0.05, 0) is 51.5 Å². The standard InChI is InChI=1S/C35H33N3O4S/c1-5-41-29-19-13-11-17-26(29)32-31(34(40)42-6-2)22(3)36-35-38(32)33(39)30(43-35)20-27-23(4)37(21-24-14-8-7-9-15-24)28-18-12-10-16-25(27)28/h7-20,32H,5-6,21H2,1-4H3/b30-20-/t32-/m0/s1. The van der Waals surface area contributed by atoms with Crippen molar-refractivity contribution >= 4 is 34.3 Å². The molecule has 1 aliphatic rings. The van der Waals surface area contributed by atoms with Crippen LogP contribution in [-0.4, -0.2) is 28.3 Å². The van der Waals surface area contributed by atoms with E-state index in [0.717, 1.165) is 28.7 Å². The number of nitrogens with zero attached hydrogens (tertiary/aromatic N) is 3. The summed E-state index contributed by atoms with van der Waals surface area (Å²) in [6.45, 7) is 8.94. The van der Waals surface area contributed by atoms with E-state index in [1.54, 1.807) is 18.4 Å². The predicted molar refractivity (Wildman–Crippen MR) is 170 cm³/mol. The predicted octanol–water partition coefficient (Wildman–Crippen LogP) is 5.51. The number of carbonyl (C=O) groups excluding carboxylic acids is 1. The SMILES string of the molecule is CCOC(=O)C1=C(C)N=c2s/c(=C\c3c(C)n(Cc4ccccc4)c4ccccc34)c(=O)n2[C@H]1c1ccccc1OCC. The largest absolute Gasteiger partial charge is 0.494 e. The van der Waals surface area contributed by atoms with Crippen molar-refractivity contribution in [2.75, 3.05) is 13.2 Å². The zero-order chi connectivity index (χ0) is 30.1. The second-order valence-electron chi connectivity index (χ2n) is 10.4. The summed E-state index contributed by atoms with van der Waals surface area (Å²) in [4.78, 5) is 32.9. The minimum absolute atomic E-state index is 0.214. The maximum atomic E-state index is 14.3. The Kier molecular flexibility index (Phi) is 7.86. The van der Waals surface area contributed by atoms with E-state index in [1.165, 1.54) is 16.9 Å². The van der Waals surface area contributed by atoms with Gasteiger partial charge in [0.25, 0.3) is 5.56 Å². The number of hydrogen-bond acceptors (Lipinski definition) is 6. The van der Waals surface area contributed by atoms with E-state index in [-0.39, 0.29) is 12.2 Å². The molecule has 0 bridgehead atoms. The van der Waals surface area contributed by atoms with E-state index in [0.29, 0.717) is 38.5 Å². The number of esters is 1. The van der Waals surface area contributed by atoms with Gasteiger partial charge in [0, 0.05) is 34.3 Å². The molecule has 0 saturated carbocycles. The van der Waals surface area contributed by atoms with Crippen LogP contribution in [0.2, 0.25) is 0 Å². The van der Waals surface area contributed by atoms with Crippen molar-refractivity contribution < 1.29 is 14.3 Å². The minimum atomic E-state index is -0.735. The lowest BCUT2D eigenvalue weighted by Crippen LogP contribution is -2.40. The van der Waals surface area contributed by atoms with Crippen LogP contribution < -0.4 is 19.6 Å². The van der Waals surface area contributed by atoms with Crippen molar-refractivity contribution in [1.82, 2.24) is 9.13 Å². The molecule has 5 aromatic rings. The number of ether oxygens (including phenoxy) is 2. The lowest BCUT2D eigenvalue weighted by molar-refractivity contribution is -0.139. The Bertz CT molecular complexity index is 2050. The Morgan fingerprint density at radius 1 is 0.953 bits per heavy atom. The van der Waals surface area contributed by atoms with E-state index in [1.807, 2.05) is 67.6 Å². The van der Waals surface area contributed by atoms with Gasteiger partial charge in [-0.15, -0.1) is 0 Å². The molecular formula is C35H33N3O4S. The van der Waals surface area contributed by atoms with Crippen molar-refractivity contribution in [2.45, 2.75) is 40.3 Å². The van der Waals surface area contributed by atoms with Crippen LogP contribution in [0, 0.1) is 6.92 Å². The molecule has 218 valence electrons. The Balaban J connectivity index is 1.57. The third-order valence-electron chi connectivity index (χ3n) is 7.77. The highest BCUT2D eigenvalue weighted by Gasteiger charge is 2.35. The van der Waals surface area contributed by atoms with Crippen LogP contribution in [0.25, 0.3) is 17.0 Å². The average Bonchev–Trinajstić information content (AvgIpc) is 3.46. The summed E-state index contributed by atoms with van der Waals surface area (Å²) >= 11 is 1.33. The van der Waals surface area contributed by atoms with E-state index in [4.69, 9.17) is 14.5 Å². The molecule has 7 nitrogen and oxygen atoms in total. The van der Waals surface area contributed by atoms with Gasteiger partial charge in [0.2, 0.25) is 0 Å². The maximum absolute atomic E-state index is 14.3. The molecule has 2 aromatic heterocycles. The minimum Gasteiger partial charge on any atom is -0.494 e. The zero-order valence-electron chi connectivity index (χ0n) is 24.7. The van der Waals surface area contributed by atoms with Gasteiger partial charge in [-0.3, -0.25) is 9.36 Å². The van der Waals surface area contributed by atoms with Crippen LogP contribution in [0.3, 0.4) is 0 Å². The molecule has 3 heterocycles. The number of aromatic nitrogens is 2. The quantitative estimate of drug-likeness (QED) is 0.223. The molecule has 1 aliphatic heterocycles. The number of para-hydroxylation sites is 2. The number of fused-ring (bicyclic) bond motifs is 2. The van der Waals surface area contributed by atoms with Crippen LogP contribution in [0.5, 0.6) is 5.75 Å². The molecule has 8 heteroatoms. The monoisotopic (exact) mass is 591 g/mol. The third-order valence-corrected chi connectivity index (χ3v) is 8.75. The second kappa shape index (κ2) is 11.9. The van der Waals surface area contributed by atoms with Crippen LogP contribution in [0.15, 0.2) is 99.9 Å². The van der Waals surface area contributed by atoms with E-state index in [9.17, 15) is 9.59 Å². The molecule has 0 unspecified atom stereocenters. The summed E-state index contributed by atoms with van der Waals surface area (Å²) in [5.41, 5.74) is 5.72. The first-order valence-electron chi connectivity index (χ1n) is 14.5. The first-order chi connectivity index (χ1) is 20.9. The van der Waals surface area contributed by atoms with Crippen molar-refractivity contribution in [3.63, 3.8) is 0 Å². The summed E-state index contributed by atoms with van der Waals surface area (Å²) < 4.78 is 15.9. The van der Waals surface area contributed by atoms with Crippen LogP contribution in [0.4, 0.5) is 0 Å². The summed E-state index contributed by atoms with van der Waals surface area (Å²) in [7, 11) is 0. The van der Waals surface area contributed by atoms with Gasteiger partial charge in [-0.2, -0.15) is 0 Å². The van der Waals surface area contributed by atoms with Gasteiger partial charge in [-0.1, -0.05) is 78.1 Å². The van der Waals surface area contributed by atoms with Gasteiger partial charge < -0.3 is 14.0 Å². The van der Waals surface area contributed by atoms with Gasteiger partial charge >= 0.3 is 5.97 Å². The smallest absolute Gasteiger partial charge is 0.338 e. The normalized spacial score (nSPS) is 15.0. The van der Waals surface area contributed by atoms with Crippen LogP contribution in [-0.2, 0) is 16.1 Å². The number of rotatable bonds is 8. The molecule has 0 fully saturated rings. The second-order valence-corrected chi connectivity index (χ2v) is 11.4. The zero-order valence-corrected chi connectivity index (χ0v) is 25.5. The summed E-state index contributed by atoms with van der Waals surface area (Å²) in [6.07, 6.45) is 1.97. The molecule has 0 N–H and O–H groups in total. The summed E-state index contributed by atoms with van der Waals surface area (Å²) in [5.74, 6) is 0.120. The Morgan fingerprint density at radius 3 is 2.44 bits per heavy atom. The molecular weight excluding hydrogens is 558 g/mol. The molecule has 0 spiro atoms. The molecule has 6 rings (SSSR count). The third kappa shape index (κ3) is 5.12. The van der Waals surface area contributed by atoms with Gasteiger partial charge in [0.1, 0.15) is 11.8 Å². The van der Waals surface area contributed by atoms with Gasteiger partial charge in [0.05, 0.1) is 29.0 Å². The highest BCUT2D eigenvalue weighted by molar-refractivity contribution is 7.07. The first kappa shape index (κ1) is 28.4. The molecule has 1 atom stereocenters. The van der Waals surface area contributed by atoms with Gasteiger partial charge in [-0.25, -0.2) is 9.79 Å². The molecule has 0 saturated heterocycles. The average molecular weight is 592 g/mol. The fourth-order valence-corrected chi connectivity index (χ4v) is 6.85. The number of hydrogen-bond donors (Lipinski definition) is 0. The Hall–Kier alpha value is -4.69. The number of allylic oxidation sites excluding steroid dienone is 1. The van der Waals surface area contributed by atoms with E-state index >= 15 is 0 Å². The van der Waals surface area contributed by atoms with Crippen molar-refractivity contribution in [3.8, 4) is 5.75 Å². The van der Waals surface area contributed by atoms with Crippen LogP contribution >= 0.6 is 11.3 Å².